The molecular weight excluding hydrogens is 356 g/mol. The molecule has 2 amide bonds. The fourth-order valence-corrected chi connectivity index (χ4v) is 2.84. The average molecular weight is 384 g/mol. The number of methoxy groups -OCH3 is 2. The number of nitrogens with zero attached hydrogens (tertiary/aromatic N) is 1. The average Bonchev–Trinajstić information content (AvgIpc) is 2.75. The molecule has 0 heterocycles. The highest BCUT2D eigenvalue weighted by Gasteiger charge is 2.24. The molecule has 0 unspecified atom stereocenters. The predicted molar refractivity (Wildman–Crippen MR) is 109 cm³/mol. The maximum absolute atomic E-state index is 13.0. The lowest BCUT2D eigenvalue weighted by molar-refractivity contribution is 0.0613. The molecule has 0 aliphatic rings. The van der Waals surface area contributed by atoms with Gasteiger partial charge in [-0.1, -0.05) is 12.8 Å². The van der Waals surface area contributed by atoms with Gasteiger partial charge >= 0.3 is 0 Å². The van der Waals surface area contributed by atoms with Crippen LogP contribution in [-0.2, 0) is 0 Å². The van der Waals surface area contributed by atoms with Gasteiger partial charge in [0.1, 0.15) is 11.5 Å². The molecule has 0 radical (unpaired) electrons. The summed E-state index contributed by atoms with van der Waals surface area (Å²) in [7, 11) is 3.13. The summed E-state index contributed by atoms with van der Waals surface area (Å²) in [6.45, 7) is 1.01. The van der Waals surface area contributed by atoms with Crippen LogP contribution in [-0.4, -0.2) is 44.0 Å². The number of amides is 2. The molecule has 0 aliphatic carbocycles. The van der Waals surface area contributed by atoms with Gasteiger partial charge in [-0.15, -0.1) is 0 Å². The van der Waals surface area contributed by atoms with E-state index in [1.165, 1.54) is 4.90 Å². The molecule has 28 heavy (non-hydrogen) atoms. The van der Waals surface area contributed by atoms with Crippen molar-refractivity contribution < 1.29 is 19.1 Å². The summed E-state index contributed by atoms with van der Waals surface area (Å²) in [6, 6.07) is 13.5. The zero-order valence-electron chi connectivity index (χ0n) is 16.5. The molecule has 0 spiro atoms. The molecule has 0 fully saturated rings. The zero-order valence-corrected chi connectivity index (χ0v) is 16.5. The van der Waals surface area contributed by atoms with Gasteiger partial charge < -0.3 is 15.2 Å². The van der Waals surface area contributed by atoms with Gasteiger partial charge in [0.15, 0.2) is 0 Å². The maximum atomic E-state index is 13.0. The minimum absolute atomic E-state index is 0.317. The van der Waals surface area contributed by atoms with Crippen molar-refractivity contribution in [3.8, 4) is 11.5 Å². The lowest BCUT2D eigenvalue weighted by atomic mass is 10.1. The Morgan fingerprint density at radius 3 is 1.57 bits per heavy atom. The van der Waals surface area contributed by atoms with Crippen LogP contribution in [0.5, 0.6) is 11.5 Å². The van der Waals surface area contributed by atoms with E-state index in [1.54, 1.807) is 62.8 Å². The Kier molecular flexibility index (Phi) is 8.49. The number of ether oxygens (including phenoxy) is 2. The van der Waals surface area contributed by atoms with E-state index < -0.39 is 0 Å². The smallest absolute Gasteiger partial charge is 0.260 e. The summed E-state index contributed by atoms with van der Waals surface area (Å²) < 4.78 is 10.3. The molecule has 2 rings (SSSR count). The van der Waals surface area contributed by atoms with Gasteiger partial charge in [0.05, 0.1) is 14.2 Å². The van der Waals surface area contributed by atoms with E-state index in [0.29, 0.717) is 35.7 Å². The molecular formula is C22H28N2O4. The first kappa shape index (κ1) is 21.4. The fraction of sp³-hybridized carbons (Fsp3) is 0.364. The van der Waals surface area contributed by atoms with Crippen molar-refractivity contribution in [1.29, 1.82) is 0 Å². The van der Waals surface area contributed by atoms with E-state index in [9.17, 15) is 9.59 Å². The topological polar surface area (TPSA) is 81.9 Å². The molecule has 0 bridgehead atoms. The molecule has 0 aromatic heterocycles. The molecule has 2 aromatic carbocycles. The number of carbonyl (C=O) groups excluding carboxylic acids is 2. The highest BCUT2D eigenvalue weighted by molar-refractivity contribution is 6.10. The minimum Gasteiger partial charge on any atom is -0.497 e. The molecule has 6 heteroatoms. The highest BCUT2D eigenvalue weighted by Crippen LogP contribution is 2.18. The number of carbonyl (C=O) groups is 2. The standard InChI is InChI=1S/C22H28N2O4/c1-27-19-11-7-17(8-12-19)21(25)24(16-6-4-3-5-15-23)22(26)18-9-13-20(28-2)14-10-18/h7-14H,3-6,15-16,23H2,1-2H3. The van der Waals surface area contributed by atoms with Crippen molar-refractivity contribution in [2.75, 3.05) is 27.3 Å². The molecule has 150 valence electrons. The third-order valence-corrected chi connectivity index (χ3v) is 4.50. The largest absolute Gasteiger partial charge is 0.497 e. The summed E-state index contributed by atoms with van der Waals surface area (Å²) >= 11 is 0. The Morgan fingerprint density at radius 2 is 1.18 bits per heavy atom. The monoisotopic (exact) mass is 384 g/mol. The summed E-state index contributed by atoms with van der Waals surface area (Å²) in [5, 5.41) is 0. The van der Waals surface area contributed by atoms with Crippen LogP contribution in [0.4, 0.5) is 0 Å². The van der Waals surface area contributed by atoms with Gasteiger partial charge in [-0.3, -0.25) is 14.5 Å². The lowest BCUT2D eigenvalue weighted by Crippen LogP contribution is -2.37. The summed E-state index contributed by atoms with van der Waals surface area (Å²) in [4.78, 5) is 27.4. The van der Waals surface area contributed by atoms with E-state index in [2.05, 4.69) is 0 Å². The van der Waals surface area contributed by atoms with Gasteiger partial charge in [0.2, 0.25) is 0 Å². The molecule has 0 saturated heterocycles. The number of benzene rings is 2. The second-order valence-electron chi connectivity index (χ2n) is 6.42. The summed E-state index contributed by atoms with van der Waals surface area (Å²) in [5.74, 6) is 0.683. The van der Waals surface area contributed by atoms with Gasteiger partial charge in [0, 0.05) is 17.7 Å². The van der Waals surface area contributed by atoms with Crippen LogP contribution in [0.3, 0.4) is 0 Å². The second-order valence-corrected chi connectivity index (χ2v) is 6.42. The Hall–Kier alpha value is -2.86. The van der Waals surface area contributed by atoms with E-state index >= 15 is 0 Å². The van der Waals surface area contributed by atoms with Crippen LogP contribution >= 0.6 is 0 Å². The van der Waals surface area contributed by atoms with Crippen LogP contribution in [0.1, 0.15) is 46.4 Å². The van der Waals surface area contributed by atoms with E-state index in [0.717, 1.165) is 25.7 Å². The number of rotatable bonds is 10. The Bertz CT molecular complexity index is 698. The Balaban J connectivity index is 2.18. The quantitative estimate of drug-likeness (QED) is 0.501. The van der Waals surface area contributed by atoms with Crippen LogP contribution in [0.25, 0.3) is 0 Å². The minimum atomic E-state index is -0.317. The normalized spacial score (nSPS) is 10.4. The Morgan fingerprint density at radius 1 is 0.750 bits per heavy atom. The van der Waals surface area contributed by atoms with Crippen LogP contribution < -0.4 is 15.2 Å². The van der Waals surface area contributed by atoms with Crippen molar-refractivity contribution in [3.63, 3.8) is 0 Å². The van der Waals surface area contributed by atoms with E-state index in [4.69, 9.17) is 15.2 Å². The summed E-state index contributed by atoms with van der Waals surface area (Å²) in [6.07, 6.45) is 3.58. The van der Waals surface area contributed by atoms with Crippen molar-refractivity contribution in [3.05, 3.63) is 59.7 Å². The number of nitrogens with two attached hydrogens (primary N) is 1. The number of hydrogen-bond donors (Lipinski definition) is 1. The molecule has 0 aliphatic heterocycles. The fourth-order valence-electron chi connectivity index (χ4n) is 2.84. The molecule has 6 nitrogen and oxygen atoms in total. The first-order chi connectivity index (χ1) is 13.6. The van der Waals surface area contributed by atoms with Gasteiger partial charge in [-0.05, 0) is 67.9 Å². The van der Waals surface area contributed by atoms with Gasteiger partial charge in [-0.2, -0.15) is 0 Å². The van der Waals surface area contributed by atoms with Gasteiger partial charge in [-0.25, -0.2) is 0 Å². The van der Waals surface area contributed by atoms with Gasteiger partial charge in [0.25, 0.3) is 11.8 Å². The van der Waals surface area contributed by atoms with Crippen molar-refractivity contribution >= 4 is 11.8 Å². The number of imide groups is 1. The first-order valence-electron chi connectivity index (χ1n) is 9.45. The zero-order chi connectivity index (χ0) is 20.4. The molecule has 2 N–H and O–H groups in total. The number of unbranched alkanes of at least 4 members (excludes halogenated alkanes) is 3. The van der Waals surface area contributed by atoms with Crippen molar-refractivity contribution in [2.24, 2.45) is 5.73 Å². The highest BCUT2D eigenvalue weighted by atomic mass is 16.5. The first-order valence-corrected chi connectivity index (χ1v) is 9.45. The molecule has 0 atom stereocenters. The summed E-state index contributed by atoms with van der Waals surface area (Å²) in [5.41, 5.74) is 6.42. The third kappa shape index (κ3) is 5.82. The predicted octanol–water partition coefficient (Wildman–Crippen LogP) is 3.51. The second kappa shape index (κ2) is 11.1. The van der Waals surface area contributed by atoms with Crippen molar-refractivity contribution in [1.82, 2.24) is 4.90 Å². The Labute approximate surface area is 166 Å². The third-order valence-electron chi connectivity index (χ3n) is 4.50. The number of hydrogen-bond acceptors (Lipinski definition) is 5. The van der Waals surface area contributed by atoms with E-state index in [1.807, 2.05) is 0 Å². The van der Waals surface area contributed by atoms with Crippen LogP contribution in [0, 0.1) is 0 Å². The maximum Gasteiger partial charge on any atom is 0.260 e. The van der Waals surface area contributed by atoms with E-state index in [-0.39, 0.29) is 11.8 Å². The van der Waals surface area contributed by atoms with Crippen molar-refractivity contribution in [2.45, 2.75) is 25.7 Å². The SMILES string of the molecule is COc1ccc(C(=O)N(CCCCCCN)C(=O)c2ccc(OC)cc2)cc1. The molecule has 2 aromatic rings. The molecule has 0 saturated carbocycles. The van der Waals surface area contributed by atoms with Crippen LogP contribution in [0.15, 0.2) is 48.5 Å². The van der Waals surface area contributed by atoms with Crippen LogP contribution in [0.2, 0.25) is 0 Å². The lowest BCUT2D eigenvalue weighted by Gasteiger charge is -2.21.